The lowest BCUT2D eigenvalue weighted by Crippen LogP contribution is -2.22. The maximum absolute atomic E-state index is 14.4. The Balaban J connectivity index is 1.61. The quantitative estimate of drug-likeness (QED) is 0.106. The number of rotatable bonds is 11. The van der Waals surface area contributed by atoms with Gasteiger partial charge in [0.05, 0.1) is 17.3 Å². The molecule has 0 radical (unpaired) electrons. The molecule has 11 heteroatoms. The molecule has 0 unspecified atom stereocenters. The van der Waals surface area contributed by atoms with Gasteiger partial charge in [0.15, 0.2) is 0 Å². The number of aromatic amines is 1. The van der Waals surface area contributed by atoms with Crippen LogP contribution in [-0.4, -0.2) is 66.0 Å². The third-order valence-corrected chi connectivity index (χ3v) is 6.11. The van der Waals surface area contributed by atoms with Crippen molar-refractivity contribution in [1.29, 1.82) is 0 Å². The molecular weight excluding hydrogens is 538 g/mol. The fourth-order valence-corrected chi connectivity index (χ4v) is 4.16. The van der Waals surface area contributed by atoms with Gasteiger partial charge in [-0.05, 0) is 40.5 Å². The number of hydrogen-bond donors (Lipinski definition) is 2. The molecule has 1 amide bonds. The number of allylic oxidation sites excluding steroid dienone is 1. The molecule has 2 N–H and O–H groups in total. The largest absolute Gasteiger partial charge is 0.476 e. The number of ether oxygens (including phenoxy) is 1. The molecule has 7 nitrogen and oxygen atoms in total. The maximum atomic E-state index is 14.4. The molecule has 0 bridgehead atoms. The fraction of sp³-hybridized carbons (Fsp3) is 0.233. The first-order chi connectivity index (χ1) is 19.6. The number of hydrogen-bond acceptors (Lipinski definition) is 5. The van der Waals surface area contributed by atoms with Crippen LogP contribution >= 0.6 is 0 Å². The standard InChI is InChI=1S/C30H29F4N5O2/c1-39(2)27(40)9-6-14-35-15-16-41-26-13-11-22(19-36-26)28(21-10-12-25-23(17-21)29(31)38-37-25)24(18-30(32,33)34)20-7-4-3-5-8-20/h3-13,17,19,35H,14-16,18H2,1-2H3,(H,37,38)/b9-6?,28-24-. The number of nitrogens with one attached hydrogen (secondary N) is 2. The van der Waals surface area contributed by atoms with Crippen LogP contribution in [0.4, 0.5) is 17.6 Å². The van der Waals surface area contributed by atoms with Crippen molar-refractivity contribution in [2.24, 2.45) is 0 Å². The number of benzene rings is 2. The van der Waals surface area contributed by atoms with Gasteiger partial charge in [0, 0.05) is 51.1 Å². The maximum Gasteiger partial charge on any atom is 0.393 e. The van der Waals surface area contributed by atoms with Crippen LogP contribution in [0, 0.1) is 5.95 Å². The number of carbonyl (C=O) groups is 1. The first-order valence-corrected chi connectivity index (χ1v) is 12.8. The van der Waals surface area contributed by atoms with Crippen LogP contribution in [0.25, 0.3) is 22.0 Å². The van der Waals surface area contributed by atoms with Crippen LogP contribution in [0.1, 0.15) is 23.1 Å². The molecule has 2 aromatic carbocycles. The lowest BCUT2D eigenvalue weighted by molar-refractivity contribution is -0.124. The highest BCUT2D eigenvalue weighted by Gasteiger charge is 2.31. The molecule has 2 aromatic heterocycles. The van der Waals surface area contributed by atoms with E-state index >= 15 is 0 Å². The average molecular weight is 568 g/mol. The van der Waals surface area contributed by atoms with E-state index in [0.29, 0.717) is 41.2 Å². The number of amides is 1. The highest BCUT2D eigenvalue weighted by Crippen LogP contribution is 2.40. The van der Waals surface area contributed by atoms with Gasteiger partial charge in [-0.2, -0.15) is 22.7 Å². The van der Waals surface area contributed by atoms with Crippen molar-refractivity contribution in [1.82, 2.24) is 25.4 Å². The highest BCUT2D eigenvalue weighted by atomic mass is 19.4. The molecule has 0 saturated heterocycles. The third kappa shape index (κ3) is 8.01. The molecular formula is C30H29F4N5O2. The molecule has 0 spiro atoms. The van der Waals surface area contributed by atoms with E-state index in [9.17, 15) is 22.4 Å². The zero-order valence-corrected chi connectivity index (χ0v) is 22.5. The Labute approximate surface area is 234 Å². The fourth-order valence-electron chi connectivity index (χ4n) is 4.16. The molecule has 214 valence electrons. The van der Waals surface area contributed by atoms with Crippen LogP contribution < -0.4 is 10.1 Å². The summed E-state index contributed by atoms with van der Waals surface area (Å²) in [6, 6.07) is 16.2. The van der Waals surface area contributed by atoms with E-state index in [4.69, 9.17) is 4.74 Å². The van der Waals surface area contributed by atoms with Crippen LogP contribution in [0.15, 0.2) is 79.0 Å². The lowest BCUT2D eigenvalue weighted by Gasteiger charge is -2.19. The lowest BCUT2D eigenvalue weighted by atomic mass is 9.88. The monoisotopic (exact) mass is 567 g/mol. The number of halogens is 4. The second-order valence-corrected chi connectivity index (χ2v) is 9.35. The minimum atomic E-state index is -4.50. The molecule has 2 heterocycles. The van der Waals surface area contributed by atoms with Gasteiger partial charge in [-0.15, -0.1) is 0 Å². The summed E-state index contributed by atoms with van der Waals surface area (Å²) < 4.78 is 61.6. The Hall–Kier alpha value is -4.51. The summed E-state index contributed by atoms with van der Waals surface area (Å²) in [5.41, 5.74) is 1.86. The molecule has 0 aliphatic rings. The number of nitrogens with zero attached hydrogens (tertiary/aromatic N) is 3. The van der Waals surface area contributed by atoms with Crippen molar-refractivity contribution in [3.05, 3.63) is 102 Å². The number of likely N-dealkylation sites (N-methyl/N-ethyl adjacent to an activating group) is 1. The van der Waals surface area contributed by atoms with Crippen LogP contribution in [0.3, 0.4) is 0 Å². The smallest absolute Gasteiger partial charge is 0.393 e. The van der Waals surface area contributed by atoms with Gasteiger partial charge in [0.25, 0.3) is 0 Å². The summed E-state index contributed by atoms with van der Waals surface area (Å²) in [7, 11) is 3.34. The topological polar surface area (TPSA) is 83.1 Å². The van der Waals surface area contributed by atoms with Crippen LogP contribution in [-0.2, 0) is 4.79 Å². The van der Waals surface area contributed by atoms with Crippen molar-refractivity contribution in [3.63, 3.8) is 0 Å². The Bertz CT molecular complexity index is 1530. The number of aromatic nitrogens is 3. The second kappa shape index (κ2) is 13.2. The molecule has 4 aromatic rings. The van der Waals surface area contributed by atoms with Crippen LogP contribution in [0.5, 0.6) is 5.88 Å². The minimum Gasteiger partial charge on any atom is -0.476 e. The van der Waals surface area contributed by atoms with E-state index in [-0.39, 0.29) is 29.0 Å². The number of carbonyl (C=O) groups excluding carboxylic acids is 1. The molecule has 41 heavy (non-hydrogen) atoms. The average Bonchev–Trinajstić information content (AvgIpc) is 3.32. The van der Waals surface area contributed by atoms with Gasteiger partial charge in [-0.3, -0.25) is 9.89 Å². The summed E-state index contributed by atoms with van der Waals surface area (Å²) in [5.74, 6) is -0.489. The van der Waals surface area contributed by atoms with E-state index in [0.717, 1.165) is 0 Å². The predicted molar refractivity (Wildman–Crippen MR) is 150 cm³/mol. The molecule has 0 atom stereocenters. The first-order valence-electron chi connectivity index (χ1n) is 12.8. The van der Waals surface area contributed by atoms with Gasteiger partial charge in [0.1, 0.15) is 6.61 Å². The van der Waals surface area contributed by atoms with Gasteiger partial charge in [-0.1, -0.05) is 42.5 Å². The van der Waals surface area contributed by atoms with Gasteiger partial charge in [0.2, 0.25) is 17.7 Å². The van der Waals surface area contributed by atoms with Crippen molar-refractivity contribution >= 4 is 28.0 Å². The van der Waals surface area contributed by atoms with E-state index in [1.54, 1.807) is 74.8 Å². The minimum absolute atomic E-state index is 0.0295. The SMILES string of the molecule is CN(C)C(=O)C=CCNCCOc1ccc(/C(=C(/CC(F)(F)F)c2ccccc2)c2ccc3n[nH]c(F)c3c2)cn1. The summed E-state index contributed by atoms with van der Waals surface area (Å²) in [4.78, 5) is 17.3. The predicted octanol–water partition coefficient (Wildman–Crippen LogP) is 5.62. The number of alkyl halides is 3. The van der Waals surface area contributed by atoms with Crippen molar-refractivity contribution in [2.75, 3.05) is 33.8 Å². The zero-order chi connectivity index (χ0) is 29.4. The van der Waals surface area contributed by atoms with E-state index in [1.165, 1.54) is 23.2 Å². The van der Waals surface area contributed by atoms with E-state index in [1.807, 2.05) is 0 Å². The van der Waals surface area contributed by atoms with Gasteiger partial charge >= 0.3 is 6.18 Å². The number of H-pyrrole nitrogens is 1. The van der Waals surface area contributed by atoms with Gasteiger partial charge < -0.3 is 15.0 Å². The highest BCUT2D eigenvalue weighted by molar-refractivity contribution is 6.00. The number of pyridine rings is 1. The summed E-state index contributed by atoms with van der Waals surface area (Å²) in [6.07, 6.45) is -1.07. The number of fused-ring (bicyclic) bond motifs is 1. The van der Waals surface area contributed by atoms with Crippen molar-refractivity contribution in [2.45, 2.75) is 12.6 Å². The Morgan fingerprint density at radius 2 is 1.80 bits per heavy atom. The second-order valence-electron chi connectivity index (χ2n) is 9.35. The molecule has 0 aliphatic carbocycles. The van der Waals surface area contributed by atoms with Gasteiger partial charge in [-0.25, -0.2) is 4.98 Å². The molecule has 0 saturated carbocycles. The molecule has 0 aliphatic heterocycles. The Morgan fingerprint density at radius 3 is 2.49 bits per heavy atom. The Morgan fingerprint density at radius 1 is 1.05 bits per heavy atom. The van der Waals surface area contributed by atoms with E-state index in [2.05, 4.69) is 20.5 Å². The molecule has 0 fully saturated rings. The molecule has 4 rings (SSSR count). The first kappa shape index (κ1) is 29.5. The van der Waals surface area contributed by atoms with Crippen LogP contribution in [0.2, 0.25) is 0 Å². The summed E-state index contributed by atoms with van der Waals surface area (Å²) in [5, 5.41) is 9.43. The van der Waals surface area contributed by atoms with Crippen molar-refractivity contribution in [3.8, 4) is 5.88 Å². The Kier molecular flexibility index (Phi) is 9.51. The summed E-state index contributed by atoms with van der Waals surface area (Å²) >= 11 is 0. The van der Waals surface area contributed by atoms with E-state index < -0.39 is 18.5 Å². The zero-order valence-electron chi connectivity index (χ0n) is 22.5. The third-order valence-electron chi connectivity index (χ3n) is 6.11. The van der Waals surface area contributed by atoms with Crippen molar-refractivity contribution < 1.29 is 27.1 Å². The summed E-state index contributed by atoms with van der Waals surface area (Å²) in [6.45, 7) is 1.24. The normalized spacial score (nSPS) is 12.5.